The molecule has 4 aromatic rings. The molecule has 1 amide bonds. The van der Waals surface area contributed by atoms with Gasteiger partial charge in [-0.15, -0.1) is 0 Å². The van der Waals surface area contributed by atoms with Gasteiger partial charge in [-0.05, 0) is 91.3 Å². The molecule has 0 fully saturated rings. The van der Waals surface area contributed by atoms with Gasteiger partial charge in [0.25, 0.3) is 16.0 Å². The SMILES string of the molecule is COc1cc(N=Nc2ccc(S(=O)(=O)O)cc2)ccc1NC(=O)c1ccc(N=Nc2ccc(O)c(C)c2)cc1. The number of carbonyl (C=O) groups excluding carboxylic acids is 1. The number of azo groups is 2. The molecule has 0 bridgehead atoms. The van der Waals surface area contributed by atoms with Crippen molar-refractivity contribution in [3.05, 3.63) is 96.1 Å². The van der Waals surface area contributed by atoms with Crippen molar-refractivity contribution in [2.75, 3.05) is 12.4 Å². The summed E-state index contributed by atoms with van der Waals surface area (Å²) in [6, 6.07) is 21.5. The van der Waals surface area contributed by atoms with Crippen molar-refractivity contribution in [3.63, 3.8) is 0 Å². The molecule has 198 valence electrons. The van der Waals surface area contributed by atoms with Crippen molar-refractivity contribution in [1.29, 1.82) is 0 Å². The highest BCUT2D eigenvalue weighted by Crippen LogP contribution is 2.31. The summed E-state index contributed by atoms with van der Waals surface area (Å²) in [7, 11) is -2.83. The summed E-state index contributed by atoms with van der Waals surface area (Å²) in [6.07, 6.45) is 0. The standard InChI is InChI=1S/C27H23N5O6S/c1-17-15-21(10-14-25(17)33)31-29-19-5-3-18(4-6-19)27(34)28-24-13-9-22(16-26(24)38-2)32-30-20-7-11-23(12-8-20)39(35,36)37/h3-16,33H,1-2H3,(H,28,34)(H,35,36,37). The van der Waals surface area contributed by atoms with E-state index in [1.54, 1.807) is 67.6 Å². The number of hydrogen-bond donors (Lipinski definition) is 3. The molecule has 0 aliphatic rings. The Bertz CT molecular complexity index is 1670. The highest BCUT2D eigenvalue weighted by molar-refractivity contribution is 7.85. The first-order valence-corrected chi connectivity index (χ1v) is 12.9. The van der Waals surface area contributed by atoms with Gasteiger partial charge in [-0.2, -0.15) is 28.9 Å². The summed E-state index contributed by atoms with van der Waals surface area (Å²) in [6.45, 7) is 1.77. The largest absolute Gasteiger partial charge is 0.508 e. The fourth-order valence-corrected chi connectivity index (χ4v) is 3.82. The first kappa shape index (κ1) is 27.1. The minimum Gasteiger partial charge on any atom is -0.508 e. The summed E-state index contributed by atoms with van der Waals surface area (Å²) in [5.41, 5.74) is 3.47. The Balaban J connectivity index is 1.42. The van der Waals surface area contributed by atoms with E-state index in [2.05, 4.69) is 25.8 Å². The van der Waals surface area contributed by atoms with Crippen LogP contribution in [-0.4, -0.2) is 31.1 Å². The molecule has 11 nitrogen and oxygen atoms in total. The number of rotatable bonds is 8. The number of methoxy groups -OCH3 is 1. The van der Waals surface area contributed by atoms with Crippen LogP contribution in [0.3, 0.4) is 0 Å². The van der Waals surface area contributed by atoms with Crippen LogP contribution >= 0.6 is 0 Å². The number of amides is 1. The number of ether oxygens (including phenoxy) is 1. The average molecular weight is 546 g/mol. The number of nitrogens with zero attached hydrogens (tertiary/aromatic N) is 4. The molecule has 0 unspecified atom stereocenters. The maximum atomic E-state index is 12.8. The Morgan fingerprint density at radius 3 is 1.85 bits per heavy atom. The predicted octanol–water partition coefficient (Wildman–Crippen LogP) is 7.04. The van der Waals surface area contributed by atoms with E-state index in [0.29, 0.717) is 45.3 Å². The molecule has 0 saturated carbocycles. The van der Waals surface area contributed by atoms with Gasteiger partial charge in [0.1, 0.15) is 11.5 Å². The van der Waals surface area contributed by atoms with E-state index in [9.17, 15) is 18.3 Å². The molecular formula is C27H23N5O6S. The van der Waals surface area contributed by atoms with E-state index in [0.717, 1.165) is 0 Å². The summed E-state index contributed by atoms with van der Waals surface area (Å²) in [5, 5.41) is 28.9. The van der Waals surface area contributed by atoms with Crippen LogP contribution in [0.5, 0.6) is 11.5 Å². The zero-order chi connectivity index (χ0) is 28.0. The highest BCUT2D eigenvalue weighted by Gasteiger charge is 2.11. The second-order valence-electron chi connectivity index (χ2n) is 8.23. The molecule has 0 aromatic heterocycles. The zero-order valence-corrected chi connectivity index (χ0v) is 21.6. The number of carbonyl (C=O) groups is 1. The second-order valence-corrected chi connectivity index (χ2v) is 9.65. The van der Waals surface area contributed by atoms with E-state index < -0.39 is 10.1 Å². The lowest BCUT2D eigenvalue weighted by Crippen LogP contribution is -2.12. The number of benzene rings is 4. The number of anilines is 1. The lowest BCUT2D eigenvalue weighted by atomic mass is 10.2. The van der Waals surface area contributed by atoms with Gasteiger partial charge in [-0.25, -0.2) is 0 Å². The highest BCUT2D eigenvalue weighted by atomic mass is 32.2. The Hall–Kier alpha value is -4.94. The van der Waals surface area contributed by atoms with E-state index in [4.69, 9.17) is 9.29 Å². The third kappa shape index (κ3) is 7.09. The van der Waals surface area contributed by atoms with Crippen LogP contribution in [0, 0.1) is 6.92 Å². The van der Waals surface area contributed by atoms with E-state index in [1.807, 2.05) is 0 Å². The number of hydrogen-bond acceptors (Lipinski definition) is 9. The van der Waals surface area contributed by atoms with Crippen molar-refractivity contribution in [1.82, 2.24) is 0 Å². The van der Waals surface area contributed by atoms with Crippen molar-refractivity contribution >= 4 is 44.5 Å². The normalized spacial score (nSPS) is 11.7. The smallest absolute Gasteiger partial charge is 0.294 e. The third-order valence-electron chi connectivity index (χ3n) is 5.44. The fourth-order valence-electron chi connectivity index (χ4n) is 3.34. The lowest BCUT2D eigenvalue weighted by Gasteiger charge is -2.11. The quantitative estimate of drug-likeness (QED) is 0.159. The van der Waals surface area contributed by atoms with Crippen molar-refractivity contribution in [2.24, 2.45) is 20.5 Å². The molecule has 3 N–H and O–H groups in total. The van der Waals surface area contributed by atoms with E-state index in [1.165, 1.54) is 31.4 Å². The van der Waals surface area contributed by atoms with Crippen molar-refractivity contribution in [3.8, 4) is 11.5 Å². The number of phenolic OH excluding ortho intramolecular Hbond substituents is 1. The maximum Gasteiger partial charge on any atom is 0.294 e. The molecule has 39 heavy (non-hydrogen) atoms. The molecule has 4 aromatic carbocycles. The first-order valence-electron chi connectivity index (χ1n) is 11.4. The van der Waals surface area contributed by atoms with Crippen LogP contribution in [0.2, 0.25) is 0 Å². The van der Waals surface area contributed by atoms with Crippen LogP contribution < -0.4 is 10.1 Å². The molecule has 0 aliphatic heterocycles. The molecule has 0 radical (unpaired) electrons. The Kier molecular flexibility index (Phi) is 8.08. The van der Waals surface area contributed by atoms with Crippen LogP contribution in [0.15, 0.2) is 110 Å². The molecule has 12 heteroatoms. The van der Waals surface area contributed by atoms with E-state index in [-0.39, 0.29) is 16.6 Å². The van der Waals surface area contributed by atoms with E-state index >= 15 is 0 Å². The topological polar surface area (TPSA) is 162 Å². The maximum absolute atomic E-state index is 12.8. The molecule has 0 spiro atoms. The van der Waals surface area contributed by atoms with Gasteiger partial charge in [0.05, 0.1) is 40.4 Å². The van der Waals surface area contributed by atoms with Crippen LogP contribution in [0.1, 0.15) is 15.9 Å². The molecule has 0 heterocycles. The Morgan fingerprint density at radius 1 is 0.769 bits per heavy atom. The van der Waals surface area contributed by atoms with Gasteiger partial charge in [0, 0.05) is 11.6 Å². The van der Waals surface area contributed by atoms with Gasteiger partial charge in [-0.1, -0.05) is 0 Å². The number of phenols is 1. The Morgan fingerprint density at radius 2 is 1.28 bits per heavy atom. The van der Waals surface area contributed by atoms with Crippen molar-refractivity contribution in [2.45, 2.75) is 11.8 Å². The number of nitrogens with one attached hydrogen (secondary N) is 1. The van der Waals surface area contributed by atoms with Gasteiger partial charge in [0.2, 0.25) is 0 Å². The van der Waals surface area contributed by atoms with Crippen molar-refractivity contribution < 1.29 is 27.6 Å². The molecule has 0 saturated heterocycles. The van der Waals surface area contributed by atoms with Gasteiger partial charge in [0.15, 0.2) is 0 Å². The summed E-state index contributed by atoms with van der Waals surface area (Å²) < 4.78 is 36.7. The summed E-state index contributed by atoms with van der Waals surface area (Å²) in [5.74, 6) is 0.182. The monoisotopic (exact) mass is 545 g/mol. The lowest BCUT2D eigenvalue weighted by molar-refractivity contribution is 0.102. The van der Waals surface area contributed by atoms with Crippen LogP contribution in [0.25, 0.3) is 0 Å². The van der Waals surface area contributed by atoms with Gasteiger partial charge < -0.3 is 15.2 Å². The van der Waals surface area contributed by atoms with Crippen LogP contribution in [0.4, 0.5) is 28.4 Å². The predicted molar refractivity (Wildman–Crippen MR) is 145 cm³/mol. The zero-order valence-electron chi connectivity index (χ0n) is 20.8. The Labute approximate surface area is 224 Å². The fraction of sp³-hybridized carbons (Fsp3) is 0.0741. The number of aryl methyl sites for hydroxylation is 1. The molecule has 4 rings (SSSR count). The third-order valence-corrected chi connectivity index (χ3v) is 6.31. The first-order chi connectivity index (χ1) is 18.6. The van der Waals surface area contributed by atoms with Gasteiger partial charge >= 0.3 is 0 Å². The summed E-state index contributed by atoms with van der Waals surface area (Å²) in [4.78, 5) is 12.5. The second kappa shape index (κ2) is 11.6. The molecule has 0 atom stereocenters. The summed E-state index contributed by atoms with van der Waals surface area (Å²) >= 11 is 0. The van der Waals surface area contributed by atoms with Gasteiger partial charge in [-0.3, -0.25) is 9.35 Å². The minimum absolute atomic E-state index is 0.186. The molecular weight excluding hydrogens is 522 g/mol. The number of aromatic hydroxyl groups is 1. The molecule has 0 aliphatic carbocycles. The average Bonchev–Trinajstić information content (AvgIpc) is 2.93. The minimum atomic E-state index is -4.29. The van der Waals surface area contributed by atoms with Crippen LogP contribution in [-0.2, 0) is 10.1 Å².